The van der Waals surface area contributed by atoms with Gasteiger partial charge in [0.15, 0.2) is 11.6 Å². The van der Waals surface area contributed by atoms with Crippen molar-refractivity contribution in [2.45, 2.75) is 24.9 Å². The molecule has 0 aliphatic carbocycles. The fraction of sp³-hybridized carbons (Fsp3) is 0.238. The third-order valence-electron chi connectivity index (χ3n) is 4.18. The molecule has 0 aliphatic rings. The number of nitrogens with one attached hydrogen (secondary N) is 2. The van der Waals surface area contributed by atoms with Gasteiger partial charge in [-0.15, -0.1) is 5.10 Å². The summed E-state index contributed by atoms with van der Waals surface area (Å²) in [7, 11) is 1.57. The number of carbonyl (C=O) groups is 2. The van der Waals surface area contributed by atoms with E-state index in [4.69, 9.17) is 16.3 Å². The highest BCUT2D eigenvalue weighted by atomic mass is 35.5. The molecule has 30 heavy (non-hydrogen) atoms. The number of hydrogen-bond donors (Lipinski definition) is 2. The van der Waals surface area contributed by atoms with Crippen LogP contribution in [0, 0.1) is 0 Å². The molecule has 0 radical (unpaired) electrons. The first-order chi connectivity index (χ1) is 14.5. The van der Waals surface area contributed by atoms with E-state index in [0.717, 1.165) is 6.42 Å². The first-order valence-electron chi connectivity index (χ1n) is 9.32. The molecule has 2 N–H and O–H groups in total. The summed E-state index contributed by atoms with van der Waals surface area (Å²) >= 11 is 7.30. The van der Waals surface area contributed by atoms with Crippen molar-refractivity contribution in [1.29, 1.82) is 0 Å². The van der Waals surface area contributed by atoms with E-state index < -0.39 is 0 Å². The number of anilines is 1. The largest absolute Gasteiger partial charge is 0.496 e. The third kappa shape index (κ3) is 5.61. The molecule has 7 nitrogen and oxygen atoms in total. The number of aromatic nitrogens is 3. The number of rotatable bonds is 9. The molecule has 0 spiro atoms. The second kappa shape index (κ2) is 10.3. The Hall–Kier alpha value is -2.84. The van der Waals surface area contributed by atoms with Crippen molar-refractivity contribution in [2.24, 2.45) is 0 Å². The van der Waals surface area contributed by atoms with Crippen LogP contribution >= 0.6 is 23.4 Å². The monoisotopic (exact) mass is 444 g/mol. The van der Waals surface area contributed by atoms with Gasteiger partial charge in [-0.25, -0.2) is 4.98 Å². The highest BCUT2D eigenvalue weighted by Crippen LogP contribution is 2.31. The molecule has 0 aliphatic heterocycles. The van der Waals surface area contributed by atoms with E-state index in [1.54, 1.807) is 49.6 Å². The van der Waals surface area contributed by atoms with Gasteiger partial charge in [-0.1, -0.05) is 30.3 Å². The number of aromatic amines is 1. The molecule has 3 rings (SSSR count). The summed E-state index contributed by atoms with van der Waals surface area (Å²) in [6.07, 6.45) is 1.25. The van der Waals surface area contributed by atoms with Gasteiger partial charge >= 0.3 is 0 Å². The minimum absolute atomic E-state index is 0.0381. The molecule has 0 fully saturated rings. The molecule has 0 saturated heterocycles. The number of Topliss-reactive ketones (excluding diaryl/α,β-unsaturated/α-hetero) is 1. The lowest BCUT2D eigenvalue weighted by molar-refractivity contribution is -0.116. The van der Waals surface area contributed by atoms with Crippen molar-refractivity contribution in [1.82, 2.24) is 15.2 Å². The summed E-state index contributed by atoms with van der Waals surface area (Å²) in [5, 5.41) is 10.8. The fourth-order valence-corrected chi connectivity index (χ4v) is 3.57. The van der Waals surface area contributed by atoms with Gasteiger partial charge in [0.1, 0.15) is 5.75 Å². The van der Waals surface area contributed by atoms with Crippen molar-refractivity contribution >= 4 is 40.7 Å². The second-order valence-corrected chi connectivity index (χ2v) is 7.78. The summed E-state index contributed by atoms with van der Waals surface area (Å²) in [6.45, 7) is 1.95. The van der Waals surface area contributed by atoms with Crippen LogP contribution in [-0.4, -0.2) is 39.7 Å². The minimum atomic E-state index is -0.0573. The lowest BCUT2D eigenvalue weighted by Gasteiger charge is -2.05. The molecule has 3 aromatic rings. The van der Waals surface area contributed by atoms with Crippen LogP contribution in [0.5, 0.6) is 5.75 Å². The summed E-state index contributed by atoms with van der Waals surface area (Å²) in [5.41, 5.74) is 1.92. The zero-order chi connectivity index (χ0) is 21.5. The predicted octanol–water partition coefficient (Wildman–Crippen LogP) is 4.85. The SMILES string of the molecule is CCCC(=O)Nc1ccc(C(=O)CSc2n[nH]c(-c3cc(Cl)ccc3OC)n2)cc1. The van der Waals surface area contributed by atoms with Crippen molar-refractivity contribution in [2.75, 3.05) is 18.2 Å². The lowest BCUT2D eigenvalue weighted by Crippen LogP contribution is -2.10. The third-order valence-corrected chi connectivity index (χ3v) is 5.26. The molecule has 0 saturated carbocycles. The Kier molecular flexibility index (Phi) is 7.48. The number of ether oxygens (including phenoxy) is 1. The van der Waals surface area contributed by atoms with Gasteiger partial charge in [0.25, 0.3) is 0 Å². The van der Waals surface area contributed by atoms with Gasteiger partial charge in [-0.3, -0.25) is 14.7 Å². The van der Waals surface area contributed by atoms with Crippen molar-refractivity contribution in [3.63, 3.8) is 0 Å². The van der Waals surface area contributed by atoms with E-state index in [1.165, 1.54) is 11.8 Å². The smallest absolute Gasteiger partial charge is 0.224 e. The van der Waals surface area contributed by atoms with Crippen molar-refractivity contribution < 1.29 is 14.3 Å². The normalized spacial score (nSPS) is 10.6. The number of carbonyl (C=O) groups excluding carboxylic acids is 2. The van der Waals surface area contributed by atoms with E-state index in [0.29, 0.717) is 45.0 Å². The van der Waals surface area contributed by atoms with Crippen LogP contribution in [0.3, 0.4) is 0 Å². The predicted molar refractivity (Wildman–Crippen MR) is 118 cm³/mol. The zero-order valence-corrected chi connectivity index (χ0v) is 18.1. The molecule has 156 valence electrons. The zero-order valence-electron chi connectivity index (χ0n) is 16.6. The fourth-order valence-electron chi connectivity index (χ4n) is 2.70. The second-order valence-electron chi connectivity index (χ2n) is 6.40. The van der Waals surface area contributed by atoms with E-state index in [2.05, 4.69) is 20.5 Å². The first-order valence-corrected chi connectivity index (χ1v) is 10.7. The molecular weight excluding hydrogens is 424 g/mol. The molecule has 2 aromatic carbocycles. The van der Waals surface area contributed by atoms with Crippen LogP contribution < -0.4 is 10.1 Å². The average molecular weight is 445 g/mol. The minimum Gasteiger partial charge on any atom is -0.496 e. The van der Waals surface area contributed by atoms with Gasteiger partial charge in [0, 0.05) is 22.7 Å². The number of hydrogen-bond acceptors (Lipinski definition) is 6. The maximum absolute atomic E-state index is 12.5. The molecule has 0 bridgehead atoms. The van der Waals surface area contributed by atoms with E-state index in [9.17, 15) is 9.59 Å². The van der Waals surface area contributed by atoms with Crippen LogP contribution in [0.25, 0.3) is 11.4 Å². The highest BCUT2D eigenvalue weighted by molar-refractivity contribution is 7.99. The Bertz CT molecular complexity index is 1040. The Morgan fingerprint density at radius 3 is 2.67 bits per heavy atom. The number of amides is 1. The summed E-state index contributed by atoms with van der Waals surface area (Å²) < 4.78 is 5.33. The van der Waals surface area contributed by atoms with E-state index >= 15 is 0 Å². The number of methoxy groups -OCH3 is 1. The maximum atomic E-state index is 12.5. The standard InChI is InChI=1S/C21H21ClN4O3S/c1-3-4-19(28)23-15-8-5-13(6-9-15)17(27)12-30-21-24-20(25-26-21)16-11-14(22)7-10-18(16)29-2/h5-11H,3-4,12H2,1-2H3,(H,23,28)(H,24,25,26). The lowest BCUT2D eigenvalue weighted by atomic mass is 10.1. The summed E-state index contributed by atoms with van der Waals surface area (Å²) in [6, 6.07) is 12.1. The molecular formula is C21H21ClN4O3S. The molecule has 0 atom stereocenters. The Labute approximate surface area is 183 Å². The summed E-state index contributed by atoms with van der Waals surface area (Å²) in [5.74, 6) is 1.22. The molecule has 1 heterocycles. The molecule has 9 heteroatoms. The van der Waals surface area contributed by atoms with Crippen LogP contribution in [0.4, 0.5) is 5.69 Å². The van der Waals surface area contributed by atoms with Crippen molar-refractivity contribution in [3.8, 4) is 17.1 Å². The van der Waals surface area contributed by atoms with Crippen LogP contribution in [0.15, 0.2) is 47.6 Å². The van der Waals surface area contributed by atoms with E-state index in [-0.39, 0.29) is 17.4 Å². The highest BCUT2D eigenvalue weighted by Gasteiger charge is 2.14. The topological polar surface area (TPSA) is 97.0 Å². The number of nitrogens with zero attached hydrogens (tertiary/aromatic N) is 2. The van der Waals surface area contributed by atoms with Crippen LogP contribution in [-0.2, 0) is 4.79 Å². The Balaban J connectivity index is 1.61. The van der Waals surface area contributed by atoms with Gasteiger partial charge in [0.05, 0.1) is 18.4 Å². The summed E-state index contributed by atoms with van der Waals surface area (Å²) in [4.78, 5) is 28.5. The van der Waals surface area contributed by atoms with Gasteiger partial charge in [-0.05, 0) is 48.9 Å². The number of ketones is 1. The number of benzene rings is 2. The molecule has 1 aromatic heterocycles. The number of halogens is 1. The molecule has 1 amide bonds. The van der Waals surface area contributed by atoms with Gasteiger partial charge < -0.3 is 10.1 Å². The Morgan fingerprint density at radius 2 is 1.97 bits per heavy atom. The Morgan fingerprint density at radius 1 is 1.20 bits per heavy atom. The average Bonchev–Trinajstić information content (AvgIpc) is 3.21. The first kappa shape index (κ1) is 21.9. The van der Waals surface area contributed by atoms with Gasteiger partial charge in [-0.2, -0.15) is 0 Å². The van der Waals surface area contributed by atoms with E-state index in [1.807, 2.05) is 6.92 Å². The van der Waals surface area contributed by atoms with Crippen LogP contribution in [0.1, 0.15) is 30.1 Å². The van der Waals surface area contributed by atoms with Gasteiger partial charge in [0.2, 0.25) is 11.1 Å². The number of thioether (sulfide) groups is 1. The number of H-pyrrole nitrogens is 1. The van der Waals surface area contributed by atoms with Crippen LogP contribution in [0.2, 0.25) is 5.02 Å². The molecule has 0 unspecified atom stereocenters. The van der Waals surface area contributed by atoms with Crippen molar-refractivity contribution in [3.05, 3.63) is 53.1 Å². The quantitative estimate of drug-likeness (QED) is 0.362. The maximum Gasteiger partial charge on any atom is 0.224 e.